The van der Waals surface area contributed by atoms with E-state index in [2.05, 4.69) is 25.4 Å². The average molecular weight is 415 g/mol. The summed E-state index contributed by atoms with van der Waals surface area (Å²) in [6, 6.07) is 8.39. The zero-order valence-electron chi connectivity index (χ0n) is 17.2. The SMILES string of the molecule is O=C(O)CN1C[C@@H]2COC[C@H](C1)N(Cc1ccccc1OCCCn1ccnc1)C2. The maximum absolute atomic E-state index is 11.2. The van der Waals surface area contributed by atoms with Gasteiger partial charge in [-0.15, -0.1) is 0 Å². The highest BCUT2D eigenvalue weighted by Gasteiger charge is 2.34. The molecule has 2 atom stereocenters. The highest BCUT2D eigenvalue weighted by Crippen LogP contribution is 2.25. The summed E-state index contributed by atoms with van der Waals surface area (Å²) in [6.07, 6.45) is 6.48. The minimum absolute atomic E-state index is 0.0947. The van der Waals surface area contributed by atoms with E-state index in [0.29, 0.717) is 25.7 Å². The highest BCUT2D eigenvalue weighted by molar-refractivity contribution is 5.69. The van der Waals surface area contributed by atoms with Crippen molar-refractivity contribution in [3.8, 4) is 5.75 Å². The van der Waals surface area contributed by atoms with Crippen molar-refractivity contribution in [1.82, 2.24) is 19.4 Å². The summed E-state index contributed by atoms with van der Waals surface area (Å²) in [7, 11) is 0. The predicted octanol–water partition coefficient (Wildman–Crippen LogP) is 1.57. The van der Waals surface area contributed by atoms with Crippen molar-refractivity contribution < 1.29 is 19.4 Å². The summed E-state index contributed by atoms with van der Waals surface area (Å²) >= 11 is 0. The van der Waals surface area contributed by atoms with Crippen LogP contribution >= 0.6 is 0 Å². The van der Waals surface area contributed by atoms with Gasteiger partial charge in [-0.1, -0.05) is 18.2 Å². The molecule has 2 aliphatic rings. The van der Waals surface area contributed by atoms with Gasteiger partial charge in [-0.2, -0.15) is 0 Å². The number of carboxylic acids is 1. The lowest BCUT2D eigenvalue weighted by atomic mass is 10.1. The Morgan fingerprint density at radius 3 is 2.97 bits per heavy atom. The second kappa shape index (κ2) is 10.1. The van der Waals surface area contributed by atoms with Crippen molar-refractivity contribution in [2.75, 3.05) is 46.0 Å². The first-order chi connectivity index (χ1) is 14.7. The Morgan fingerprint density at radius 2 is 2.13 bits per heavy atom. The van der Waals surface area contributed by atoms with Crippen molar-refractivity contribution in [3.05, 3.63) is 48.5 Å². The normalized spacial score (nSPS) is 22.5. The number of benzene rings is 1. The molecule has 2 saturated heterocycles. The number of carbonyl (C=O) groups is 1. The molecule has 1 aromatic carbocycles. The third-order valence-electron chi connectivity index (χ3n) is 5.74. The van der Waals surface area contributed by atoms with Crippen molar-refractivity contribution in [2.45, 2.75) is 25.6 Å². The smallest absolute Gasteiger partial charge is 0.317 e. The van der Waals surface area contributed by atoms with Crippen LogP contribution in [-0.2, 0) is 22.6 Å². The fraction of sp³-hybridized carbons (Fsp3) is 0.545. The van der Waals surface area contributed by atoms with Gasteiger partial charge in [-0.05, 0) is 12.5 Å². The van der Waals surface area contributed by atoms with Gasteiger partial charge < -0.3 is 19.1 Å². The molecule has 0 unspecified atom stereocenters. The molecule has 1 N–H and O–H groups in total. The van der Waals surface area contributed by atoms with Crippen LogP contribution in [0.1, 0.15) is 12.0 Å². The maximum Gasteiger partial charge on any atom is 0.317 e. The zero-order chi connectivity index (χ0) is 20.8. The minimum atomic E-state index is -0.767. The second-order valence-electron chi connectivity index (χ2n) is 8.18. The lowest BCUT2D eigenvalue weighted by Gasteiger charge is -2.31. The van der Waals surface area contributed by atoms with Gasteiger partial charge >= 0.3 is 5.97 Å². The number of nitrogens with zero attached hydrogens (tertiary/aromatic N) is 4. The van der Waals surface area contributed by atoms with Crippen LogP contribution in [0.4, 0.5) is 0 Å². The number of hydrogen-bond acceptors (Lipinski definition) is 6. The molecule has 30 heavy (non-hydrogen) atoms. The van der Waals surface area contributed by atoms with E-state index in [-0.39, 0.29) is 12.6 Å². The Kier molecular flexibility index (Phi) is 6.99. The van der Waals surface area contributed by atoms with Gasteiger partial charge in [0.05, 0.1) is 32.7 Å². The molecule has 2 fully saturated rings. The molecule has 0 aliphatic carbocycles. The minimum Gasteiger partial charge on any atom is -0.493 e. The Hall–Kier alpha value is -2.42. The van der Waals surface area contributed by atoms with E-state index >= 15 is 0 Å². The number of aryl methyl sites for hydroxylation is 1. The van der Waals surface area contributed by atoms with Crippen LogP contribution in [0.15, 0.2) is 43.0 Å². The van der Waals surface area contributed by atoms with Crippen molar-refractivity contribution in [2.24, 2.45) is 5.92 Å². The van der Waals surface area contributed by atoms with Crippen LogP contribution < -0.4 is 4.74 Å². The molecule has 8 nitrogen and oxygen atoms in total. The number of imidazole rings is 1. The van der Waals surface area contributed by atoms with E-state index in [1.165, 1.54) is 0 Å². The molecule has 162 valence electrons. The molecule has 0 radical (unpaired) electrons. The first kappa shape index (κ1) is 20.8. The van der Waals surface area contributed by atoms with Gasteiger partial charge in [0.25, 0.3) is 0 Å². The number of carboxylic acid groups (broad SMARTS) is 1. The summed E-state index contributed by atoms with van der Waals surface area (Å²) in [5.74, 6) is 0.474. The van der Waals surface area contributed by atoms with Crippen LogP contribution in [0, 0.1) is 5.92 Å². The number of rotatable bonds is 9. The van der Waals surface area contributed by atoms with E-state index < -0.39 is 5.97 Å². The van der Waals surface area contributed by atoms with Gasteiger partial charge in [-0.3, -0.25) is 14.6 Å². The van der Waals surface area contributed by atoms with Gasteiger partial charge in [0.1, 0.15) is 5.75 Å². The van der Waals surface area contributed by atoms with Crippen molar-refractivity contribution >= 4 is 5.97 Å². The summed E-state index contributed by atoms with van der Waals surface area (Å²) in [6.45, 7) is 6.14. The summed E-state index contributed by atoms with van der Waals surface area (Å²) < 4.78 is 14.0. The number of ether oxygens (including phenoxy) is 2. The fourth-order valence-corrected chi connectivity index (χ4v) is 4.38. The number of fused-ring (bicyclic) bond motifs is 3. The fourth-order valence-electron chi connectivity index (χ4n) is 4.38. The molecule has 0 spiro atoms. The van der Waals surface area contributed by atoms with Gasteiger partial charge in [-0.25, -0.2) is 4.98 Å². The highest BCUT2D eigenvalue weighted by atomic mass is 16.5. The summed E-state index contributed by atoms with van der Waals surface area (Å²) in [4.78, 5) is 19.8. The molecule has 0 amide bonds. The van der Waals surface area contributed by atoms with Crippen LogP contribution in [-0.4, -0.2) is 82.5 Å². The largest absolute Gasteiger partial charge is 0.493 e. The molecule has 2 bridgehead atoms. The lowest BCUT2D eigenvalue weighted by Crippen LogP contribution is -2.44. The second-order valence-corrected chi connectivity index (χ2v) is 8.18. The van der Waals surface area contributed by atoms with Crippen LogP contribution in [0.5, 0.6) is 5.75 Å². The summed E-state index contributed by atoms with van der Waals surface area (Å²) in [5, 5.41) is 9.21. The predicted molar refractivity (Wildman–Crippen MR) is 111 cm³/mol. The Bertz CT molecular complexity index is 813. The van der Waals surface area contributed by atoms with E-state index in [1.807, 2.05) is 30.7 Å². The molecule has 0 saturated carbocycles. The van der Waals surface area contributed by atoms with Gasteiger partial charge in [0, 0.05) is 62.6 Å². The average Bonchev–Trinajstić information content (AvgIpc) is 3.09. The van der Waals surface area contributed by atoms with Crippen LogP contribution in [0.2, 0.25) is 0 Å². The lowest BCUT2D eigenvalue weighted by molar-refractivity contribution is -0.138. The number of aliphatic carboxylic acids is 1. The zero-order valence-corrected chi connectivity index (χ0v) is 17.2. The monoisotopic (exact) mass is 414 g/mol. The standard InChI is InChI=1S/C22H30N4O4/c27-22(28)14-25-10-18-11-26(20(13-25)16-29-15-18)12-19-4-1-2-5-21(19)30-9-3-7-24-8-6-23-17-24/h1-2,4-6,8,17-18,20H,3,7,9-16H2,(H,27,28)/t18-,20-/m0/s1. The molecule has 2 aromatic rings. The Morgan fingerprint density at radius 1 is 1.23 bits per heavy atom. The molecule has 3 heterocycles. The van der Waals surface area contributed by atoms with Crippen molar-refractivity contribution in [3.63, 3.8) is 0 Å². The van der Waals surface area contributed by atoms with E-state index in [1.54, 1.807) is 6.20 Å². The number of hydrogen-bond donors (Lipinski definition) is 1. The molecular weight excluding hydrogens is 384 g/mol. The molecule has 2 aliphatic heterocycles. The van der Waals surface area contributed by atoms with E-state index in [4.69, 9.17) is 9.47 Å². The molecule has 4 rings (SSSR count). The third kappa shape index (κ3) is 5.59. The molecule has 8 heteroatoms. The third-order valence-corrected chi connectivity index (χ3v) is 5.74. The Labute approximate surface area is 177 Å². The Balaban J connectivity index is 1.37. The van der Waals surface area contributed by atoms with Gasteiger partial charge in [0.2, 0.25) is 0 Å². The molecular formula is C22H30N4O4. The number of aromatic nitrogens is 2. The van der Waals surface area contributed by atoms with Crippen LogP contribution in [0.3, 0.4) is 0 Å². The number of para-hydroxylation sites is 1. The topological polar surface area (TPSA) is 80.1 Å². The first-order valence-electron chi connectivity index (χ1n) is 10.6. The first-order valence-corrected chi connectivity index (χ1v) is 10.6. The maximum atomic E-state index is 11.2. The van der Waals surface area contributed by atoms with E-state index in [0.717, 1.165) is 50.5 Å². The van der Waals surface area contributed by atoms with Crippen LogP contribution in [0.25, 0.3) is 0 Å². The van der Waals surface area contributed by atoms with E-state index in [9.17, 15) is 9.90 Å². The molecule has 1 aromatic heterocycles. The van der Waals surface area contributed by atoms with Gasteiger partial charge in [0.15, 0.2) is 0 Å². The summed E-state index contributed by atoms with van der Waals surface area (Å²) in [5.41, 5.74) is 1.16. The quantitative estimate of drug-likeness (QED) is 0.624. The van der Waals surface area contributed by atoms with Crippen molar-refractivity contribution in [1.29, 1.82) is 0 Å².